The van der Waals surface area contributed by atoms with Crippen molar-refractivity contribution in [3.05, 3.63) is 106 Å². The fraction of sp³-hybridized carbons (Fsp3) is 0.100. The lowest BCUT2D eigenvalue weighted by Gasteiger charge is -2.22. The molecule has 5 aromatic rings. The van der Waals surface area contributed by atoms with E-state index < -0.39 is 12.6 Å². The highest BCUT2D eigenvalue weighted by molar-refractivity contribution is 6.49. The quantitative estimate of drug-likeness (QED) is 0.154. The van der Waals surface area contributed by atoms with Crippen LogP contribution in [0.1, 0.15) is 17.3 Å². The first kappa shape index (κ1) is 26.0. The Morgan fingerprint density at radius 2 is 1.55 bits per heavy atom. The molecule has 5 rings (SSSR count). The summed E-state index contributed by atoms with van der Waals surface area (Å²) in [5.41, 5.74) is 2.53. The summed E-state index contributed by atoms with van der Waals surface area (Å²) in [7, 11) is 0. The first-order valence-corrected chi connectivity index (χ1v) is 13.0. The zero-order chi connectivity index (χ0) is 26.8. The third kappa shape index (κ3) is 4.93. The van der Waals surface area contributed by atoms with Gasteiger partial charge in [0, 0.05) is 22.9 Å². The van der Waals surface area contributed by atoms with Gasteiger partial charge in [0.2, 0.25) is 0 Å². The maximum Gasteiger partial charge on any atom is 0.339 e. The zero-order valence-corrected chi connectivity index (χ0v) is 22.5. The van der Waals surface area contributed by atoms with Gasteiger partial charge in [0.15, 0.2) is 6.61 Å². The molecule has 0 spiro atoms. The number of benzene rings is 4. The lowest BCUT2D eigenvalue weighted by Crippen LogP contribution is -2.34. The van der Waals surface area contributed by atoms with Crippen LogP contribution in [-0.4, -0.2) is 30.0 Å². The molecule has 0 saturated carbocycles. The molecule has 1 aromatic heterocycles. The fourth-order valence-corrected chi connectivity index (χ4v) is 5.05. The lowest BCUT2D eigenvalue weighted by molar-refractivity contribution is -0.121. The molecule has 0 atom stereocenters. The molecule has 0 aliphatic carbocycles. The number of esters is 1. The molecule has 0 aliphatic heterocycles. The van der Waals surface area contributed by atoms with Gasteiger partial charge in [0.1, 0.15) is 0 Å². The number of rotatable bonds is 6. The number of ether oxygens (including phenoxy) is 1. The Bertz CT molecular complexity index is 1700. The minimum atomic E-state index is -0.650. The van der Waals surface area contributed by atoms with Crippen LogP contribution in [0.15, 0.2) is 84.9 Å². The number of para-hydroxylation sites is 1. The van der Waals surface area contributed by atoms with Crippen LogP contribution in [0.4, 0.5) is 5.69 Å². The minimum absolute atomic E-state index is 0.198. The average Bonchev–Trinajstić information content (AvgIpc) is 2.94. The highest BCUT2D eigenvalue weighted by Gasteiger charge is 2.21. The second kappa shape index (κ2) is 11.0. The molecule has 8 heteroatoms. The van der Waals surface area contributed by atoms with Gasteiger partial charge in [0.25, 0.3) is 5.91 Å². The Morgan fingerprint density at radius 1 is 0.842 bits per heavy atom. The second-order valence-electron chi connectivity index (χ2n) is 8.51. The molecule has 1 heterocycles. The predicted molar refractivity (Wildman–Crippen MR) is 154 cm³/mol. The number of carbonyl (C=O) groups excluding carboxylic acids is 2. The molecule has 1 amide bonds. The summed E-state index contributed by atoms with van der Waals surface area (Å²) >= 11 is 18.8. The van der Waals surface area contributed by atoms with Crippen LogP contribution in [-0.2, 0) is 9.53 Å². The Morgan fingerprint density at radius 3 is 2.34 bits per heavy atom. The lowest BCUT2D eigenvalue weighted by atomic mass is 10.0. The minimum Gasteiger partial charge on any atom is -0.452 e. The summed E-state index contributed by atoms with van der Waals surface area (Å²) in [6.07, 6.45) is 0. The van der Waals surface area contributed by atoms with E-state index in [9.17, 15) is 9.59 Å². The van der Waals surface area contributed by atoms with E-state index in [0.717, 1.165) is 16.5 Å². The number of carbonyl (C=O) groups is 2. The molecular weight excluding hydrogens is 543 g/mol. The van der Waals surface area contributed by atoms with Crippen LogP contribution in [0.2, 0.25) is 15.1 Å². The Balaban J connectivity index is 1.45. The van der Waals surface area contributed by atoms with E-state index in [2.05, 4.69) is 4.98 Å². The summed E-state index contributed by atoms with van der Waals surface area (Å²) in [5.74, 6) is -0.980. The van der Waals surface area contributed by atoms with Gasteiger partial charge in [-0.15, -0.1) is 0 Å². The van der Waals surface area contributed by atoms with Gasteiger partial charge in [-0.1, -0.05) is 89.4 Å². The molecule has 5 nitrogen and oxygen atoms in total. The van der Waals surface area contributed by atoms with E-state index in [1.54, 1.807) is 41.3 Å². The maximum absolute atomic E-state index is 13.3. The van der Waals surface area contributed by atoms with Crippen LogP contribution in [0.3, 0.4) is 0 Å². The normalized spacial score (nSPS) is 11.1. The zero-order valence-electron chi connectivity index (χ0n) is 20.3. The molecule has 4 aromatic carbocycles. The molecule has 0 aliphatic rings. The van der Waals surface area contributed by atoms with Gasteiger partial charge in [-0.05, 0) is 42.6 Å². The van der Waals surface area contributed by atoms with E-state index in [1.165, 1.54) is 0 Å². The van der Waals surface area contributed by atoms with Crippen molar-refractivity contribution in [2.75, 3.05) is 18.1 Å². The third-order valence-corrected chi connectivity index (χ3v) is 7.54. The van der Waals surface area contributed by atoms with Crippen molar-refractivity contribution >= 4 is 74.0 Å². The molecule has 0 unspecified atom stereocenters. The average molecular weight is 564 g/mol. The highest BCUT2D eigenvalue weighted by Crippen LogP contribution is 2.38. The van der Waals surface area contributed by atoms with Crippen molar-refractivity contribution in [3.8, 4) is 11.3 Å². The van der Waals surface area contributed by atoms with E-state index >= 15 is 0 Å². The number of nitrogens with zero attached hydrogens (tertiary/aromatic N) is 2. The molecule has 0 N–H and O–H groups in total. The number of likely N-dealkylation sites (N-methyl/N-ethyl adjacent to an activating group) is 1. The summed E-state index contributed by atoms with van der Waals surface area (Å²) in [6, 6.07) is 25.7. The van der Waals surface area contributed by atoms with Crippen LogP contribution >= 0.6 is 34.8 Å². The van der Waals surface area contributed by atoms with Crippen molar-refractivity contribution < 1.29 is 14.3 Å². The Kier molecular flexibility index (Phi) is 7.52. The summed E-state index contributed by atoms with van der Waals surface area (Å²) in [5, 5.41) is 3.29. The monoisotopic (exact) mass is 562 g/mol. The van der Waals surface area contributed by atoms with Crippen molar-refractivity contribution in [3.63, 3.8) is 0 Å². The molecule has 190 valence electrons. The fourth-order valence-electron chi connectivity index (χ4n) is 4.41. The van der Waals surface area contributed by atoms with E-state index in [0.29, 0.717) is 33.7 Å². The molecule has 38 heavy (non-hydrogen) atoms. The number of anilines is 1. The topological polar surface area (TPSA) is 59.5 Å². The van der Waals surface area contributed by atoms with Gasteiger partial charge in [-0.2, -0.15) is 0 Å². The Labute approximate surface area is 234 Å². The van der Waals surface area contributed by atoms with Crippen LogP contribution in [0.5, 0.6) is 0 Å². The molecular formula is C30H21Cl3N2O3. The van der Waals surface area contributed by atoms with Gasteiger partial charge in [0.05, 0.1) is 37.5 Å². The van der Waals surface area contributed by atoms with Crippen LogP contribution in [0.25, 0.3) is 32.9 Å². The number of aromatic nitrogens is 1. The Hall–Kier alpha value is -3.64. The molecule has 0 radical (unpaired) electrons. The number of amides is 1. The van der Waals surface area contributed by atoms with Gasteiger partial charge in [-0.3, -0.25) is 4.79 Å². The molecule has 0 fully saturated rings. The standard InChI is InChI=1S/C30H21Cl3N2O3/c1-2-35(26-13-7-9-18-8-3-4-10-19(18)26)27(36)17-38-30(37)22-16-25(34-24-12-6-5-11-20(22)24)21-14-15-23(31)29(33)28(21)32/h3-16H,2,17H2,1H3. The predicted octanol–water partition coefficient (Wildman–Crippen LogP) is 8.23. The second-order valence-corrected chi connectivity index (χ2v) is 9.67. The smallest absolute Gasteiger partial charge is 0.339 e. The van der Waals surface area contributed by atoms with Crippen LogP contribution in [0, 0.1) is 0 Å². The molecule has 0 bridgehead atoms. The van der Waals surface area contributed by atoms with Crippen molar-refractivity contribution in [1.82, 2.24) is 4.98 Å². The highest BCUT2D eigenvalue weighted by atomic mass is 35.5. The van der Waals surface area contributed by atoms with E-state index in [1.807, 2.05) is 55.5 Å². The van der Waals surface area contributed by atoms with Crippen molar-refractivity contribution in [1.29, 1.82) is 0 Å². The number of pyridine rings is 1. The SMILES string of the molecule is CCN(C(=O)COC(=O)c1cc(-c2ccc(Cl)c(Cl)c2Cl)nc2ccccc12)c1cccc2ccccc12. The third-order valence-electron chi connectivity index (χ3n) is 6.25. The first-order valence-electron chi connectivity index (χ1n) is 11.9. The van der Waals surface area contributed by atoms with Gasteiger partial charge in [-0.25, -0.2) is 9.78 Å². The number of hydrogen-bond acceptors (Lipinski definition) is 4. The van der Waals surface area contributed by atoms with Crippen molar-refractivity contribution in [2.45, 2.75) is 6.92 Å². The number of halogens is 3. The number of fused-ring (bicyclic) bond motifs is 2. The maximum atomic E-state index is 13.3. The van der Waals surface area contributed by atoms with Crippen LogP contribution < -0.4 is 4.90 Å². The van der Waals surface area contributed by atoms with E-state index in [4.69, 9.17) is 39.5 Å². The summed E-state index contributed by atoms with van der Waals surface area (Å²) in [4.78, 5) is 32.8. The number of hydrogen-bond donors (Lipinski definition) is 0. The van der Waals surface area contributed by atoms with E-state index in [-0.39, 0.29) is 21.5 Å². The first-order chi connectivity index (χ1) is 18.4. The largest absolute Gasteiger partial charge is 0.452 e. The summed E-state index contributed by atoms with van der Waals surface area (Å²) < 4.78 is 5.54. The molecule has 0 saturated heterocycles. The summed E-state index contributed by atoms with van der Waals surface area (Å²) in [6.45, 7) is 1.88. The van der Waals surface area contributed by atoms with Crippen molar-refractivity contribution in [2.24, 2.45) is 0 Å². The van der Waals surface area contributed by atoms with Gasteiger partial charge >= 0.3 is 5.97 Å². The van der Waals surface area contributed by atoms with Gasteiger partial charge < -0.3 is 9.64 Å².